The number of thiazole rings is 1. The van der Waals surface area contributed by atoms with E-state index in [1.54, 1.807) is 30.3 Å². The maximum absolute atomic E-state index is 13.8. The average Bonchev–Trinajstić information content (AvgIpc) is 3.51. The van der Waals surface area contributed by atoms with Gasteiger partial charge in [-0.05, 0) is 66.8 Å². The van der Waals surface area contributed by atoms with Crippen molar-refractivity contribution < 1.29 is 14.3 Å². The topological polar surface area (TPSA) is 81.3 Å². The minimum Gasteiger partial charge on any atom is -0.454 e. The lowest BCUT2D eigenvalue weighted by atomic mass is 10.0. The van der Waals surface area contributed by atoms with Crippen LogP contribution in [0.25, 0.3) is 17.3 Å². The molecule has 5 rings (SSSR count). The third-order valence-corrected chi connectivity index (χ3v) is 7.52. The van der Waals surface area contributed by atoms with Crippen molar-refractivity contribution in [2.45, 2.75) is 33.6 Å². The van der Waals surface area contributed by atoms with Crippen molar-refractivity contribution in [1.82, 2.24) is 4.57 Å². The number of ether oxygens (including phenoxy) is 2. The van der Waals surface area contributed by atoms with Crippen molar-refractivity contribution >= 4 is 28.8 Å². The van der Waals surface area contributed by atoms with Gasteiger partial charge >= 0.3 is 0 Å². The highest BCUT2D eigenvalue weighted by molar-refractivity contribution is 7.07. The van der Waals surface area contributed by atoms with Crippen LogP contribution in [0.1, 0.15) is 46.0 Å². The molecular weight excluding hydrogens is 496 g/mol. The standard InChI is InChI=1S/C31H26N2O4S/c1-4-5-21-8-11-23(12-9-21)29(34)24(17-32)31-33(25-14-19(2)6-7-20(25)3)30(35)28(38-31)16-22-10-13-26-27(15-22)37-18-36-26/h6-16H,4-5,18H2,1-3H3. The van der Waals surface area contributed by atoms with Crippen molar-refractivity contribution in [1.29, 1.82) is 5.26 Å². The molecule has 0 atom stereocenters. The summed E-state index contributed by atoms with van der Waals surface area (Å²) in [6.45, 7) is 6.10. The monoisotopic (exact) mass is 522 g/mol. The van der Waals surface area contributed by atoms with Gasteiger partial charge in [0.05, 0.1) is 10.2 Å². The molecule has 0 unspecified atom stereocenters. The fraction of sp³-hybridized carbons (Fsp3) is 0.194. The molecule has 6 nitrogen and oxygen atoms in total. The van der Waals surface area contributed by atoms with Gasteiger partial charge in [-0.15, -0.1) is 11.3 Å². The molecule has 0 aliphatic carbocycles. The van der Waals surface area contributed by atoms with Crippen LogP contribution in [0, 0.1) is 25.2 Å². The summed E-state index contributed by atoms with van der Waals surface area (Å²) in [4.78, 5) is 27.4. The number of Topliss-reactive ketones (excluding diaryl/α,β-unsaturated/α-hetero) is 1. The first-order valence-electron chi connectivity index (χ1n) is 12.4. The Morgan fingerprint density at radius 1 is 1.05 bits per heavy atom. The molecule has 38 heavy (non-hydrogen) atoms. The molecule has 1 aliphatic heterocycles. The molecule has 4 aromatic rings. The Hall–Kier alpha value is -4.41. The maximum atomic E-state index is 13.8. The second-order valence-corrected chi connectivity index (χ2v) is 10.3. The van der Waals surface area contributed by atoms with Gasteiger partial charge < -0.3 is 9.47 Å². The lowest BCUT2D eigenvalue weighted by Gasteiger charge is -2.09. The van der Waals surface area contributed by atoms with Crippen LogP contribution in [0.3, 0.4) is 0 Å². The first-order valence-corrected chi connectivity index (χ1v) is 13.2. The molecule has 190 valence electrons. The smallest absolute Gasteiger partial charge is 0.273 e. The Morgan fingerprint density at radius 3 is 2.55 bits per heavy atom. The van der Waals surface area contributed by atoms with E-state index < -0.39 is 5.78 Å². The normalized spacial score (nSPS) is 13.4. The van der Waals surface area contributed by atoms with Gasteiger partial charge in [0.25, 0.3) is 5.56 Å². The van der Waals surface area contributed by atoms with Crippen molar-refractivity contribution in [3.05, 3.63) is 108 Å². The van der Waals surface area contributed by atoms with Gasteiger partial charge in [0.2, 0.25) is 12.6 Å². The molecule has 0 radical (unpaired) electrons. The van der Waals surface area contributed by atoms with Crippen LogP contribution in [0.4, 0.5) is 0 Å². The average molecular weight is 523 g/mol. The Bertz CT molecular complexity index is 1770. The zero-order chi connectivity index (χ0) is 26.8. The van der Waals surface area contributed by atoms with Crippen molar-refractivity contribution in [3.63, 3.8) is 0 Å². The third kappa shape index (κ3) is 4.79. The van der Waals surface area contributed by atoms with Crippen LogP contribution in [0.15, 0.2) is 65.5 Å². The molecule has 0 bridgehead atoms. The van der Waals surface area contributed by atoms with Crippen molar-refractivity contribution in [3.8, 4) is 23.3 Å². The summed E-state index contributed by atoms with van der Waals surface area (Å²) in [5, 5.41) is 10.2. The largest absolute Gasteiger partial charge is 0.454 e. The number of hydrogen-bond donors (Lipinski definition) is 0. The minimum absolute atomic E-state index is 0.0680. The van der Waals surface area contributed by atoms with E-state index in [2.05, 4.69) is 13.0 Å². The van der Waals surface area contributed by atoms with E-state index in [-0.39, 0.29) is 17.9 Å². The minimum atomic E-state index is -0.412. The van der Waals surface area contributed by atoms with Gasteiger partial charge in [-0.3, -0.25) is 14.2 Å². The fourth-order valence-corrected chi connectivity index (χ4v) is 5.53. The molecular formula is C31H26N2O4S. The number of hydrogen-bond acceptors (Lipinski definition) is 6. The quantitative estimate of drug-likeness (QED) is 0.346. The summed E-state index contributed by atoms with van der Waals surface area (Å²) < 4.78 is 13.1. The second-order valence-electron chi connectivity index (χ2n) is 9.22. The number of rotatable bonds is 6. The zero-order valence-corrected chi connectivity index (χ0v) is 22.2. The van der Waals surface area contributed by atoms with Crippen LogP contribution in [0.2, 0.25) is 0 Å². The van der Waals surface area contributed by atoms with Gasteiger partial charge in [-0.2, -0.15) is 5.26 Å². The molecule has 0 amide bonds. The molecule has 0 fully saturated rings. The van der Waals surface area contributed by atoms with Crippen LogP contribution >= 0.6 is 11.3 Å². The Labute approximate surface area is 224 Å². The predicted molar refractivity (Wildman–Crippen MR) is 149 cm³/mol. The number of benzene rings is 3. The molecule has 7 heteroatoms. The first-order chi connectivity index (χ1) is 18.4. The zero-order valence-electron chi connectivity index (χ0n) is 21.4. The Morgan fingerprint density at radius 2 is 1.82 bits per heavy atom. The Kier molecular flexibility index (Phi) is 6.99. The third-order valence-electron chi connectivity index (χ3n) is 6.43. The molecule has 1 aromatic heterocycles. The Balaban J connectivity index is 1.76. The highest BCUT2D eigenvalue weighted by Gasteiger charge is 2.20. The molecule has 0 N–H and O–H groups in total. The van der Waals surface area contributed by atoms with E-state index in [1.165, 1.54) is 4.57 Å². The number of carbonyl (C=O) groups is 1. The van der Waals surface area contributed by atoms with Crippen LogP contribution in [-0.4, -0.2) is 17.1 Å². The van der Waals surface area contributed by atoms with E-state index in [9.17, 15) is 14.9 Å². The van der Waals surface area contributed by atoms with E-state index in [0.29, 0.717) is 31.9 Å². The molecule has 1 aliphatic rings. The van der Waals surface area contributed by atoms with Crippen molar-refractivity contribution in [2.24, 2.45) is 0 Å². The van der Waals surface area contributed by atoms with Gasteiger partial charge in [-0.25, -0.2) is 0 Å². The van der Waals surface area contributed by atoms with E-state index in [4.69, 9.17) is 9.47 Å². The summed E-state index contributed by atoms with van der Waals surface area (Å²) in [5.74, 6) is 0.847. The summed E-state index contributed by atoms with van der Waals surface area (Å²) in [6.07, 6.45) is 3.67. The lowest BCUT2D eigenvalue weighted by molar-refractivity contribution is 0.105. The molecule has 0 saturated heterocycles. The highest BCUT2D eigenvalue weighted by atomic mass is 32.1. The maximum Gasteiger partial charge on any atom is 0.273 e. The number of aryl methyl sites for hydroxylation is 3. The van der Waals surface area contributed by atoms with Crippen molar-refractivity contribution in [2.75, 3.05) is 6.79 Å². The lowest BCUT2D eigenvalue weighted by Crippen LogP contribution is -2.32. The summed E-state index contributed by atoms with van der Waals surface area (Å²) in [5.41, 5.74) is 4.40. The van der Waals surface area contributed by atoms with Crippen LogP contribution in [-0.2, 0) is 6.42 Å². The molecule has 0 saturated carbocycles. The number of aromatic nitrogens is 1. The number of carbonyl (C=O) groups excluding carboxylic acids is 1. The van der Waals surface area contributed by atoms with Gasteiger partial charge in [0, 0.05) is 5.56 Å². The molecule has 3 aromatic carbocycles. The van der Waals surface area contributed by atoms with Gasteiger partial charge in [0.1, 0.15) is 16.3 Å². The summed E-state index contributed by atoms with van der Waals surface area (Å²) in [7, 11) is 0. The number of nitrogens with zero attached hydrogens (tertiary/aromatic N) is 2. The fourth-order valence-electron chi connectivity index (χ4n) is 4.43. The second kappa shape index (κ2) is 10.5. The highest BCUT2D eigenvalue weighted by Crippen LogP contribution is 2.32. The summed E-state index contributed by atoms with van der Waals surface area (Å²) in [6, 6.07) is 20.7. The summed E-state index contributed by atoms with van der Waals surface area (Å²) >= 11 is 1.13. The van der Waals surface area contributed by atoms with Gasteiger partial charge in [0.15, 0.2) is 11.5 Å². The predicted octanol–water partition coefficient (Wildman–Crippen LogP) is 4.58. The van der Waals surface area contributed by atoms with Crippen LogP contribution < -0.4 is 24.2 Å². The molecule has 2 heterocycles. The van der Waals surface area contributed by atoms with Gasteiger partial charge in [-0.1, -0.05) is 55.8 Å². The first kappa shape index (κ1) is 25.2. The van der Waals surface area contributed by atoms with E-state index in [1.807, 2.05) is 50.2 Å². The SMILES string of the molecule is CCCc1ccc(C(=O)C(C#N)=c2sc(=Cc3ccc4c(c3)OCO4)c(=O)n2-c2cc(C)ccc2C)cc1. The van der Waals surface area contributed by atoms with E-state index >= 15 is 0 Å². The molecule has 0 spiro atoms. The number of nitriles is 1. The number of ketones is 1. The van der Waals surface area contributed by atoms with E-state index in [0.717, 1.165) is 46.4 Å². The number of fused-ring (bicyclic) bond motifs is 1. The van der Waals surface area contributed by atoms with Crippen LogP contribution in [0.5, 0.6) is 11.5 Å².